The lowest BCUT2D eigenvalue weighted by Gasteiger charge is -2.22. The zero-order chi connectivity index (χ0) is 36.8. The van der Waals surface area contributed by atoms with Crippen LogP contribution in [0.3, 0.4) is 0 Å². The van der Waals surface area contributed by atoms with Crippen molar-refractivity contribution in [2.24, 2.45) is 5.73 Å². The highest BCUT2D eigenvalue weighted by Crippen LogP contribution is 2.51. The lowest BCUT2D eigenvalue weighted by molar-refractivity contribution is -0.128. The van der Waals surface area contributed by atoms with E-state index >= 15 is 0 Å². The molecule has 0 aliphatic heterocycles. The summed E-state index contributed by atoms with van der Waals surface area (Å²) in [5.41, 5.74) is 8.60. The third-order valence-corrected chi connectivity index (χ3v) is 9.05. The molecule has 52 heavy (non-hydrogen) atoms. The van der Waals surface area contributed by atoms with Crippen LogP contribution >= 0.6 is 7.82 Å². The number of nitrogens with two attached hydrogens (primary N) is 1. The summed E-state index contributed by atoms with van der Waals surface area (Å²) in [4.78, 5) is 41.9. The van der Waals surface area contributed by atoms with E-state index in [0.717, 1.165) is 16.7 Å². The van der Waals surface area contributed by atoms with Crippen molar-refractivity contribution in [1.29, 1.82) is 0 Å². The molecule has 0 fully saturated rings. The van der Waals surface area contributed by atoms with Crippen molar-refractivity contribution in [2.45, 2.75) is 57.9 Å². The molecular formula is C38H40N5O8P. The summed E-state index contributed by atoms with van der Waals surface area (Å²) in [5, 5.41) is 9.56. The van der Waals surface area contributed by atoms with Crippen LogP contribution in [-0.2, 0) is 54.1 Å². The number of nitrogens with zero attached hydrogens (tertiary/aromatic N) is 2. The second-order valence-electron chi connectivity index (χ2n) is 11.9. The number of amides is 3. The average molecular weight is 726 g/mol. The van der Waals surface area contributed by atoms with Crippen molar-refractivity contribution in [3.05, 3.63) is 149 Å². The van der Waals surface area contributed by atoms with Crippen molar-refractivity contribution >= 4 is 25.5 Å². The Hall–Kier alpha value is -5.62. The van der Waals surface area contributed by atoms with Gasteiger partial charge in [0, 0.05) is 26.2 Å². The zero-order valence-corrected chi connectivity index (χ0v) is 29.4. The van der Waals surface area contributed by atoms with Gasteiger partial charge in [-0.1, -0.05) is 108 Å². The summed E-state index contributed by atoms with van der Waals surface area (Å²) in [6.07, 6.45) is 0.542. The predicted octanol–water partition coefficient (Wildman–Crippen LogP) is 5.75. The van der Waals surface area contributed by atoms with Gasteiger partial charge in [0.2, 0.25) is 23.6 Å². The highest BCUT2D eigenvalue weighted by Gasteiger charge is 2.30. The van der Waals surface area contributed by atoms with Crippen LogP contribution in [0.25, 0.3) is 0 Å². The van der Waals surface area contributed by atoms with Gasteiger partial charge in [-0.05, 0) is 40.8 Å². The minimum atomic E-state index is -4.10. The van der Waals surface area contributed by atoms with E-state index in [1.54, 1.807) is 24.3 Å². The van der Waals surface area contributed by atoms with Gasteiger partial charge in [-0.15, -0.1) is 0 Å². The standard InChI is InChI=1S/C38H40N5O8P/c1-27(44)40-34(37(46)41-33(21-22-35(39)45)38-42-36(43-50-38)24-28-11-5-2-6-12-28)23-29-17-19-32(20-18-29)51-52(47,48-25-30-13-7-3-8-14-30)49-26-31-15-9-4-10-16-31/h2-20,33-34H,21-26H2,1H3,(H2,39,45)(H,40,44)(H,41,46)/t33-,34-/m0/s1. The summed E-state index contributed by atoms with van der Waals surface area (Å²) >= 11 is 0. The summed E-state index contributed by atoms with van der Waals surface area (Å²) in [5.74, 6) is -0.810. The van der Waals surface area contributed by atoms with Gasteiger partial charge in [-0.2, -0.15) is 4.98 Å². The topological polar surface area (TPSA) is 185 Å². The molecule has 1 heterocycles. The maximum atomic E-state index is 13.8. The maximum Gasteiger partial charge on any atom is 0.530 e. The van der Waals surface area contributed by atoms with Gasteiger partial charge in [0.25, 0.3) is 0 Å². The van der Waals surface area contributed by atoms with Crippen LogP contribution in [0.2, 0.25) is 0 Å². The minimum absolute atomic E-state index is 0.00312. The lowest BCUT2D eigenvalue weighted by atomic mass is 10.0. The molecule has 5 rings (SSSR count). The Balaban J connectivity index is 1.26. The molecule has 1 aromatic heterocycles. The Morgan fingerprint density at radius 3 is 1.87 bits per heavy atom. The average Bonchev–Trinajstić information content (AvgIpc) is 3.61. The maximum absolute atomic E-state index is 13.8. The van der Waals surface area contributed by atoms with E-state index in [2.05, 4.69) is 20.8 Å². The van der Waals surface area contributed by atoms with Gasteiger partial charge < -0.3 is 25.4 Å². The predicted molar refractivity (Wildman–Crippen MR) is 191 cm³/mol. The highest BCUT2D eigenvalue weighted by atomic mass is 31.2. The molecule has 0 radical (unpaired) electrons. The third kappa shape index (κ3) is 12.0. The fourth-order valence-corrected chi connectivity index (χ4v) is 6.30. The highest BCUT2D eigenvalue weighted by molar-refractivity contribution is 7.48. The molecule has 13 nitrogen and oxygen atoms in total. The Labute approximate surface area is 301 Å². The van der Waals surface area contributed by atoms with Gasteiger partial charge in [-0.25, -0.2) is 4.57 Å². The molecule has 0 aliphatic carbocycles. The van der Waals surface area contributed by atoms with E-state index in [1.165, 1.54) is 6.92 Å². The van der Waals surface area contributed by atoms with E-state index in [4.69, 9.17) is 23.8 Å². The number of carbonyl (C=O) groups excluding carboxylic acids is 3. The molecule has 0 aliphatic rings. The number of phosphoric acid groups is 1. The summed E-state index contributed by atoms with van der Waals surface area (Å²) < 4.78 is 36.5. The number of nitrogens with one attached hydrogen (secondary N) is 2. The zero-order valence-electron chi connectivity index (χ0n) is 28.6. The molecule has 0 unspecified atom stereocenters. The van der Waals surface area contributed by atoms with E-state index in [1.807, 2.05) is 91.0 Å². The first-order valence-electron chi connectivity index (χ1n) is 16.6. The number of hydrogen-bond donors (Lipinski definition) is 3. The second-order valence-corrected chi connectivity index (χ2v) is 13.5. The Bertz CT molecular complexity index is 1900. The minimum Gasteiger partial charge on any atom is -0.404 e. The summed E-state index contributed by atoms with van der Waals surface area (Å²) in [7, 11) is -4.10. The van der Waals surface area contributed by atoms with Crippen LogP contribution in [0, 0.1) is 0 Å². The van der Waals surface area contributed by atoms with Crippen molar-refractivity contribution in [2.75, 3.05) is 0 Å². The van der Waals surface area contributed by atoms with Gasteiger partial charge in [-0.3, -0.25) is 23.4 Å². The number of primary amides is 1. The number of phosphoric ester groups is 1. The number of aromatic nitrogens is 2. The van der Waals surface area contributed by atoms with E-state index in [0.29, 0.717) is 17.8 Å². The van der Waals surface area contributed by atoms with Crippen molar-refractivity contribution in [3.63, 3.8) is 0 Å². The smallest absolute Gasteiger partial charge is 0.404 e. The molecule has 14 heteroatoms. The number of benzene rings is 4. The second kappa shape index (κ2) is 18.6. The molecule has 0 saturated heterocycles. The van der Waals surface area contributed by atoms with Crippen LogP contribution in [0.15, 0.2) is 120 Å². The molecule has 2 atom stereocenters. The van der Waals surface area contributed by atoms with Crippen LogP contribution in [0.4, 0.5) is 0 Å². The molecule has 4 aromatic carbocycles. The molecule has 5 aromatic rings. The molecular weight excluding hydrogens is 685 g/mol. The lowest BCUT2D eigenvalue weighted by Crippen LogP contribution is -2.48. The van der Waals surface area contributed by atoms with Gasteiger partial charge in [0.1, 0.15) is 17.8 Å². The normalized spacial score (nSPS) is 12.4. The monoisotopic (exact) mass is 725 g/mol. The fourth-order valence-electron chi connectivity index (χ4n) is 5.13. The van der Waals surface area contributed by atoms with Crippen LogP contribution in [-0.4, -0.2) is 33.9 Å². The molecule has 0 saturated carbocycles. The van der Waals surface area contributed by atoms with Crippen molar-refractivity contribution in [1.82, 2.24) is 20.8 Å². The van der Waals surface area contributed by atoms with E-state index in [-0.39, 0.29) is 44.1 Å². The third-order valence-electron chi connectivity index (χ3n) is 7.72. The molecule has 0 spiro atoms. The van der Waals surface area contributed by atoms with Gasteiger partial charge >= 0.3 is 7.82 Å². The first-order valence-corrected chi connectivity index (χ1v) is 18.1. The Kier molecular flexibility index (Phi) is 13.4. The van der Waals surface area contributed by atoms with Crippen molar-refractivity contribution < 1.29 is 37.0 Å². The molecule has 4 N–H and O–H groups in total. The van der Waals surface area contributed by atoms with E-state index in [9.17, 15) is 18.9 Å². The van der Waals surface area contributed by atoms with Crippen LogP contribution < -0.4 is 20.9 Å². The number of carbonyl (C=O) groups is 3. The molecule has 3 amide bonds. The van der Waals surface area contributed by atoms with E-state index < -0.39 is 37.6 Å². The quantitative estimate of drug-likeness (QED) is 0.0886. The SMILES string of the molecule is CC(=O)N[C@@H](Cc1ccc(OP(=O)(OCc2ccccc2)OCc2ccccc2)cc1)C(=O)N[C@@H](CCC(N)=O)c1nc(Cc2ccccc2)no1. The first-order chi connectivity index (χ1) is 25.1. The molecule has 0 bridgehead atoms. The summed E-state index contributed by atoms with van der Waals surface area (Å²) in [6.45, 7) is 1.30. The first kappa shape index (κ1) is 37.6. The number of rotatable bonds is 19. The van der Waals surface area contributed by atoms with Gasteiger partial charge in [0.05, 0.1) is 13.2 Å². The number of hydrogen-bond acceptors (Lipinski definition) is 10. The summed E-state index contributed by atoms with van der Waals surface area (Å²) in [6, 6.07) is 32.7. The van der Waals surface area contributed by atoms with Gasteiger partial charge in [0.15, 0.2) is 5.82 Å². The van der Waals surface area contributed by atoms with Crippen LogP contribution in [0.1, 0.15) is 59.8 Å². The Morgan fingerprint density at radius 2 is 1.33 bits per heavy atom. The van der Waals surface area contributed by atoms with Crippen molar-refractivity contribution in [3.8, 4) is 5.75 Å². The fraction of sp³-hybridized carbons (Fsp3) is 0.237. The largest absolute Gasteiger partial charge is 0.530 e. The Morgan fingerprint density at radius 1 is 0.769 bits per heavy atom. The molecule has 270 valence electrons. The van der Waals surface area contributed by atoms with Crippen LogP contribution in [0.5, 0.6) is 5.75 Å².